The van der Waals surface area contributed by atoms with Crippen LogP contribution >= 0.6 is 7.60 Å². The van der Waals surface area contributed by atoms with Crippen molar-refractivity contribution in [3.63, 3.8) is 0 Å². The Balaban J connectivity index is 2.30. The Morgan fingerprint density at radius 1 is 0.917 bits per heavy atom. The quantitative estimate of drug-likeness (QED) is 0.175. The van der Waals surface area contributed by atoms with Gasteiger partial charge in [-0.05, 0) is 76.8 Å². The standard InChI is InChI=1S/C28H46N2O5P/c1-11-33-36(31,34-12-2)26(27(4,5)6)30(28(7,8)9)35-22(3)24-17-19-29(20-18-24)21-23-13-15-25(32-10)16-14-23/h13-20,22,26H,11-12,21H2,1-10H3/q+1. The van der Waals surface area contributed by atoms with Gasteiger partial charge in [-0.15, -0.1) is 0 Å². The first-order chi connectivity index (χ1) is 16.7. The molecule has 1 aromatic heterocycles. The molecule has 0 aliphatic carbocycles. The Labute approximate surface area is 218 Å². The van der Waals surface area contributed by atoms with Crippen molar-refractivity contribution in [3.05, 3.63) is 59.9 Å². The maximum atomic E-state index is 14.0. The molecule has 0 radical (unpaired) electrons. The van der Waals surface area contributed by atoms with Crippen LogP contribution < -0.4 is 9.30 Å². The van der Waals surface area contributed by atoms with E-state index in [1.807, 2.05) is 71.1 Å². The van der Waals surface area contributed by atoms with Crippen molar-refractivity contribution in [1.82, 2.24) is 5.06 Å². The van der Waals surface area contributed by atoms with Gasteiger partial charge in [0.2, 0.25) is 0 Å². The summed E-state index contributed by atoms with van der Waals surface area (Å²) in [6, 6.07) is 12.2. The monoisotopic (exact) mass is 521 g/mol. The van der Waals surface area contributed by atoms with E-state index < -0.39 is 24.3 Å². The molecule has 0 N–H and O–H groups in total. The number of hydrogen-bond acceptors (Lipinski definition) is 6. The molecule has 1 aromatic carbocycles. The van der Waals surface area contributed by atoms with Crippen molar-refractivity contribution >= 4 is 7.60 Å². The number of nitrogens with zero attached hydrogens (tertiary/aromatic N) is 2. The third kappa shape index (κ3) is 8.12. The van der Waals surface area contributed by atoms with Gasteiger partial charge in [0, 0.05) is 23.2 Å². The van der Waals surface area contributed by atoms with Gasteiger partial charge in [-0.1, -0.05) is 20.8 Å². The lowest BCUT2D eigenvalue weighted by molar-refractivity contribution is -0.688. The number of hydrogen-bond donors (Lipinski definition) is 0. The Morgan fingerprint density at radius 3 is 1.86 bits per heavy atom. The van der Waals surface area contributed by atoms with Gasteiger partial charge >= 0.3 is 7.60 Å². The summed E-state index contributed by atoms with van der Waals surface area (Å²) < 4.78 is 33.0. The third-order valence-corrected chi connectivity index (χ3v) is 8.58. The molecule has 0 bridgehead atoms. The normalized spacial score (nSPS) is 14.6. The first-order valence-electron chi connectivity index (χ1n) is 12.7. The fourth-order valence-electron chi connectivity index (χ4n) is 4.09. The number of aromatic nitrogens is 1. The lowest BCUT2D eigenvalue weighted by atomic mass is 9.94. The zero-order valence-corrected chi connectivity index (χ0v) is 24.7. The van der Waals surface area contributed by atoms with E-state index in [-0.39, 0.29) is 6.10 Å². The van der Waals surface area contributed by atoms with Crippen molar-refractivity contribution in [2.24, 2.45) is 5.41 Å². The molecule has 2 unspecified atom stereocenters. The summed E-state index contributed by atoms with van der Waals surface area (Å²) in [5, 5.41) is 1.84. The minimum atomic E-state index is -3.52. The number of hydroxylamine groups is 2. The maximum Gasteiger partial charge on any atom is 0.350 e. The molecule has 0 spiro atoms. The second-order valence-electron chi connectivity index (χ2n) is 11.0. The summed E-state index contributed by atoms with van der Waals surface area (Å²) in [6.45, 7) is 19.3. The molecule has 0 saturated carbocycles. The van der Waals surface area contributed by atoms with Gasteiger partial charge in [0.25, 0.3) is 0 Å². The van der Waals surface area contributed by atoms with Crippen molar-refractivity contribution in [1.29, 1.82) is 0 Å². The van der Waals surface area contributed by atoms with Crippen molar-refractivity contribution in [2.75, 3.05) is 20.3 Å². The van der Waals surface area contributed by atoms with E-state index in [2.05, 4.69) is 49.6 Å². The fourth-order valence-corrected chi connectivity index (χ4v) is 6.78. The van der Waals surface area contributed by atoms with E-state index in [1.54, 1.807) is 7.11 Å². The number of methoxy groups -OCH3 is 1. The van der Waals surface area contributed by atoms with Crippen LogP contribution in [-0.4, -0.2) is 36.7 Å². The molecule has 0 aliphatic rings. The predicted octanol–water partition coefficient (Wildman–Crippen LogP) is 6.76. The Kier molecular flexibility index (Phi) is 10.7. The number of rotatable bonds is 12. The third-order valence-electron chi connectivity index (χ3n) is 5.76. The van der Waals surface area contributed by atoms with Crippen LogP contribution in [-0.2, 0) is 25.0 Å². The van der Waals surface area contributed by atoms with Crippen LogP contribution in [0, 0.1) is 5.41 Å². The van der Waals surface area contributed by atoms with E-state index in [0.717, 1.165) is 17.9 Å². The molecule has 1 heterocycles. The molecule has 0 fully saturated rings. The minimum Gasteiger partial charge on any atom is -0.497 e. The van der Waals surface area contributed by atoms with Gasteiger partial charge in [-0.3, -0.25) is 9.40 Å². The summed E-state index contributed by atoms with van der Waals surface area (Å²) in [5.74, 6) is 0.247. The van der Waals surface area contributed by atoms with Crippen LogP contribution in [0.2, 0.25) is 0 Å². The van der Waals surface area contributed by atoms with Gasteiger partial charge in [-0.2, -0.15) is 5.06 Å². The topological polar surface area (TPSA) is 61.1 Å². The first-order valence-corrected chi connectivity index (χ1v) is 14.3. The summed E-state index contributed by atoms with van der Waals surface area (Å²) in [4.78, 5) is 6.59. The second-order valence-corrected chi connectivity index (χ2v) is 13.1. The van der Waals surface area contributed by atoms with Gasteiger partial charge in [0.05, 0.1) is 20.3 Å². The van der Waals surface area contributed by atoms with E-state index in [0.29, 0.717) is 13.2 Å². The highest BCUT2D eigenvalue weighted by molar-refractivity contribution is 7.54. The van der Waals surface area contributed by atoms with Crippen LogP contribution in [0.3, 0.4) is 0 Å². The highest BCUT2D eigenvalue weighted by Crippen LogP contribution is 2.61. The Bertz CT molecular complexity index is 971. The molecule has 0 amide bonds. The van der Waals surface area contributed by atoms with Crippen LogP contribution in [0.4, 0.5) is 0 Å². The van der Waals surface area contributed by atoms with E-state index in [4.69, 9.17) is 18.6 Å². The largest absolute Gasteiger partial charge is 0.497 e. The highest BCUT2D eigenvalue weighted by Gasteiger charge is 2.51. The van der Waals surface area contributed by atoms with E-state index in [1.165, 1.54) is 5.56 Å². The minimum absolute atomic E-state index is 0.276. The average molecular weight is 522 g/mol. The lowest BCUT2D eigenvalue weighted by Gasteiger charge is -2.48. The highest BCUT2D eigenvalue weighted by atomic mass is 31.2. The molecule has 202 valence electrons. The average Bonchev–Trinajstić information content (AvgIpc) is 2.78. The van der Waals surface area contributed by atoms with Crippen LogP contribution in [0.5, 0.6) is 5.75 Å². The Hall–Kier alpha value is -1.76. The van der Waals surface area contributed by atoms with Crippen molar-refractivity contribution < 1.29 is 27.8 Å². The smallest absolute Gasteiger partial charge is 0.350 e. The van der Waals surface area contributed by atoms with Gasteiger partial charge in [-0.25, -0.2) is 4.57 Å². The van der Waals surface area contributed by atoms with Gasteiger partial charge in [0.1, 0.15) is 17.6 Å². The predicted molar refractivity (Wildman–Crippen MR) is 144 cm³/mol. The summed E-state index contributed by atoms with van der Waals surface area (Å²) in [5.41, 5.74) is 1.31. The molecule has 36 heavy (non-hydrogen) atoms. The number of benzene rings is 1. The molecule has 2 rings (SSSR count). The van der Waals surface area contributed by atoms with Gasteiger partial charge < -0.3 is 13.8 Å². The van der Waals surface area contributed by atoms with E-state index >= 15 is 0 Å². The molecule has 0 aliphatic heterocycles. The molecule has 0 saturated heterocycles. The zero-order valence-electron chi connectivity index (χ0n) is 23.8. The SMILES string of the molecule is CCOP(=O)(OCC)C(N(OC(C)c1cc[n+](Cc2ccc(OC)cc2)cc1)C(C)(C)C)C(C)(C)C. The van der Waals surface area contributed by atoms with Crippen LogP contribution in [0.15, 0.2) is 48.8 Å². The van der Waals surface area contributed by atoms with Crippen LogP contribution in [0.1, 0.15) is 79.5 Å². The number of ether oxygens (including phenoxy) is 1. The first kappa shape index (κ1) is 30.5. The van der Waals surface area contributed by atoms with Crippen molar-refractivity contribution in [3.8, 4) is 5.75 Å². The Morgan fingerprint density at radius 2 is 1.44 bits per heavy atom. The van der Waals surface area contributed by atoms with Crippen molar-refractivity contribution in [2.45, 2.75) is 86.3 Å². The zero-order chi connectivity index (χ0) is 27.1. The molecular weight excluding hydrogens is 475 g/mol. The second kappa shape index (κ2) is 12.7. The summed E-state index contributed by atoms with van der Waals surface area (Å²) >= 11 is 0. The molecule has 2 atom stereocenters. The molecule has 8 heteroatoms. The lowest BCUT2D eigenvalue weighted by Crippen LogP contribution is -2.53. The molecular formula is C28H46N2O5P+. The van der Waals surface area contributed by atoms with Gasteiger partial charge in [0.15, 0.2) is 18.9 Å². The number of pyridine rings is 1. The molecule has 2 aromatic rings. The summed E-state index contributed by atoms with van der Waals surface area (Å²) in [6.07, 6.45) is 3.82. The molecule has 7 nitrogen and oxygen atoms in total. The maximum absolute atomic E-state index is 14.0. The fraction of sp³-hybridized carbons (Fsp3) is 0.607. The van der Waals surface area contributed by atoms with Crippen LogP contribution in [0.25, 0.3) is 0 Å². The summed E-state index contributed by atoms with van der Waals surface area (Å²) in [7, 11) is -1.85. The van der Waals surface area contributed by atoms with E-state index in [9.17, 15) is 4.57 Å².